The van der Waals surface area contributed by atoms with E-state index in [0.29, 0.717) is 22.2 Å². The van der Waals surface area contributed by atoms with Crippen molar-refractivity contribution in [2.45, 2.75) is 6.42 Å². The molecule has 0 radical (unpaired) electrons. The molecule has 22 heavy (non-hydrogen) atoms. The second kappa shape index (κ2) is 5.92. The van der Waals surface area contributed by atoms with Crippen molar-refractivity contribution in [3.63, 3.8) is 0 Å². The molecule has 0 atom stereocenters. The Balaban J connectivity index is 2.42. The monoisotopic (exact) mass is 330 g/mol. The number of nitriles is 1. The van der Waals surface area contributed by atoms with Crippen LogP contribution in [0.15, 0.2) is 36.5 Å². The summed E-state index contributed by atoms with van der Waals surface area (Å²) in [5.74, 6) is 0.690. The van der Waals surface area contributed by atoms with Gasteiger partial charge in [-0.15, -0.1) is 0 Å². The van der Waals surface area contributed by atoms with Gasteiger partial charge in [-0.05, 0) is 23.8 Å². The van der Waals surface area contributed by atoms with Crippen LogP contribution in [0.5, 0.6) is 5.75 Å². The number of rotatable bonds is 3. The van der Waals surface area contributed by atoms with Gasteiger partial charge in [-0.1, -0.05) is 35.3 Å². The van der Waals surface area contributed by atoms with E-state index >= 15 is 0 Å². The van der Waals surface area contributed by atoms with Gasteiger partial charge in [0, 0.05) is 28.2 Å². The maximum Gasteiger partial charge on any atom is 0.127 e. The normalized spacial score (nSPS) is 10.6. The fourth-order valence-electron chi connectivity index (χ4n) is 2.63. The van der Waals surface area contributed by atoms with Crippen LogP contribution in [-0.4, -0.2) is 12.1 Å². The minimum atomic E-state index is 0.304. The summed E-state index contributed by atoms with van der Waals surface area (Å²) >= 11 is 12.5. The van der Waals surface area contributed by atoms with Crippen molar-refractivity contribution in [2.24, 2.45) is 0 Å². The molecule has 1 aromatic heterocycles. The number of benzene rings is 2. The molecule has 0 aliphatic carbocycles. The first-order valence-electron chi connectivity index (χ1n) is 6.65. The Hall–Kier alpha value is -2.15. The maximum atomic E-state index is 9.04. The number of hydrogen-bond acceptors (Lipinski definition) is 2. The summed E-state index contributed by atoms with van der Waals surface area (Å²) < 4.78 is 5.51. The average Bonchev–Trinajstić information content (AvgIpc) is 2.93. The molecule has 0 spiro atoms. The molecule has 0 bridgehead atoms. The van der Waals surface area contributed by atoms with Gasteiger partial charge in [0.1, 0.15) is 5.75 Å². The van der Waals surface area contributed by atoms with Crippen molar-refractivity contribution < 1.29 is 4.74 Å². The van der Waals surface area contributed by atoms with Gasteiger partial charge in [-0.2, -0.15) is 5.26 Å². The molecule has 0 unspecified atom stereocenters. The number of methoxy groups -OCH3 is 1. The highest BCUT2D eigenvalue weighted by atomic mass is 35.5. The highest BCUT2D eigenvalue weighted by Gasteiger charge is 2.18. The first-order valence-corrected chi connectivity index (χ1v) is 7.41. The molecular weight excluding hydrogens is 319 g/mol. The molecule has 0 amide bonds. The van der Waals surface area contributed by atoms with Crippen LogP contribution in [0.2, 0.25) is 10.0 Å². The number of fused-ring (bicyclic) bond motifs is 1. The Morgan fingerprint density at radius 1 is 1.23 bits per heavy atom. The number of hydrogen-bond donors (Lipinski definition) is 1. The lowest BCUT2D eigenvalue weighted by molar-refractivity contribution is 0.417. The molecular formula is C17H12Cl2N2O. The molecule has 0 saturated heterocycles. The third kappa shape index (κ3) is 2.31. The SMILES string of the molecule is COc1ccc2[nH]cc(CC#N)c2c1-c1cccc(Cl)c1Cl. The number of aromatic nitrogens is 1. The largest absolute Gasteiger partial charge is 0.496 e. The first kappa shape index (κ1) is 14.8. The van der Waals surface area contributed by atoms with Crippen LogP contribution in [0, 0.1) is 11.3 Å². The molecule has 0 aliphatic heterocycles. The van der Waals surface area contributed by atoms with Crippen LogP contribution < -0.4 is 4.74 Å². The van der Waals surface area contributed by atoms with Gasteiger partial charge in [0.2, 0.25) is 0 Å². The average molecular weight is 331 g/mol. The van der Waals surface area contributed by atoms with Gasteiger partial charge >= 0.3 is 0 Å². The van der Waals surface area contributed by atoms with Crippen LogP contribution in [0.4, 0.5) is 0 Å². The predicted octanol–water partition coefficient (Wildman–Crippen LogP) is 5.22. The molecule has 0 fully saturated rings. The van der Waals surface area contributed by atoms with Gasteiger partial charge in [-0.3, -0.25) is 0 Å². The lowest BCUT2D eigenvalue weighted by atomic mass is 9.97. The van der Waals surface area contributed by atoms with E-state index in [1.54, 1.807) is 13.2 Å². The van der Waals surface area contributed by atoms with E-state index in [1.807, 2.05) is 30.5 Å². The third-order valence-electron chi connectivity index (χ3n) is 3.60. The Morgan fingerprint density at radius 3 is 2.77 bits per heavy atom. The summed E-state index contributed by atoms with van der Waals surface area (Å²) in [6.07, 6.45) is 2.15. The van der Waals surface area contributed by atoms with Crippen LogP contribution >= 0.6 is 23.2 Å². The molecule has 5 heteroatoms. The minimum Gasteiger partial charge on any atom is -0.496 e. The van der Waals surface area contributed by atoms with E-state index < -0.39 is 0 Å². The summed E-state index contributed by atoms with van der Waals surface area (Å²) in [4.78, 5) is 3.19. The molecule has 0 aliphatic rings. The highest BCUT2D eigenvalue weighted by molar-refractivity contribution is 6.44. The lowest BCUT2D eigenvalue weighted by Gasteiger charge is -2.13. The standard InChI is InChI=1S/C17H12Cl2N2O/c1-22-14-6-5-13-15(10(7-8-20)9-21-13)16(14)11-3-2-4-12(18)17(11)19/h2-6,9,21H,7H2,1H3. The number of nitrogens with zero attached hydrogens (tertiary/aromatic N) is 1. The lowest BCUT2D eigenvalue weighted by Crippen LogP contribution is -1.92. The number of halogens is 2. The number of aromatic amines is 1. The Morgan fingerprint density at radius 2 is 2.05 bits per heavy atom. The Kier molecular flexibility index (Phi) is 3.98. The van der Waals surface area contributed by atoms with Crippen molar-refractivity contribution in [3.8, 4) is 22.9 Å². The number of H-pyrrole nitrogens is 1. The first-order chi connectivity index (χ1) is 10.7. The Labute approximate surface area is 138 Å². The maximum absolute atomic E-state index is 9.04. The van der Waals surface area contributed by atoms with Crippen molar-refractivity contribution in [1.82, 2.24) is 4.98 Å². The predicted molar refractivity (Wildman–Crippen MR) is 89.6 cm³/mol. The van der Waals surface area contributed by atoms with E-state index in [2.05, 4.69) is 11.1 Å². The number of nitrogens with one attached hydrogen (secondary N) is 1. The zero-order valence-electron chi connectivity index (χ0n) is 11.8. The zero-order chi connectivity index (χ0) is 15.7. The second-order valence-electron chi connectivity index (χ2n) is 4.82. The smallest absolute Gasteiger partial charge is 0.127 e. The molecule has 110 valence electrons. The molecule has 1 heterocycles. The fraction of sp³-hybridized carbons (Fsp3) is 0.118. The van der Waals surface area contributed by atoms with E-state index in [9.17, 15) is 0 Å². The van der Waals surface area contributed by atoms with E-state index in [1.165, 1.54) is 0 Å². The van der Waals surface area contributed by atoms with Gasteiger partial charge < -0.3 is 9.72 Å². The third-order valence-corrected chi connectivity index (χ3v) is 4.42. The zero-order valence-corrected chi connectivity index (χ0v) is 13.3. The van der Waals surface area contributed by atoms with Crippen molar-refractivity contribution in [2.75, 3.05) is 7.11 Å². The Bertz CT molecular complexity index is 894. The molecule has 3 nitrogen and oxygen atoms in total. The second-order valence-corrected chi connectivity index (χ2v) is 5.60. The molecule has 3 rings (SSSR count). The van der Waals surface area contributed by atoms with Crippen molar-refractivity contribution in [3.05, 3.63) is 52.1 Å². The molecule has 0 saturated carbocycles. The van der Waals surface area contributed by atoms with Gasteiger partial charge in [0.05, 0.1) is 29.6 Å². The van der Waals surface area contributed by atoms with Crippen molar-refractivity contribution >= 4 is 34.1 Å². The van der Waals surface area contributed by atoms with Crippen LogP contribution in [0.25, 0.3) is 22.0 Å². The summed E-state index contributed by atoms with van der Waals surface area (Å²) in [5, 5.41) is 10.9. The van der Waals surface area contributed by atoms with E-state index in [4.69, 9.17) is 33.2 Å². The molecule has 2 aromatic carbocycles. The molecule has 3 aromatic rings. The summed E-state index contributed by atoms with van der Waals surface area (Å²) in [6, 6.07) is 11.5. The topological polar surface area (TPSA) is 48.8 Å². The van der Waals surface area contributed by atoms with Crippen molar-refractivity contribution in [1.29, 1.82) is 5.26 Å². The van der Waals surface area contributed by atoms with Crippen LogP contribution in [-0.2, 0) is 6.42 Å². The van der Waals surface area contributed by atoms with Gasteiger partial charge in [-0.25, -0.2) is 0 Å². The minimum absolute atomic E-state index is 0.304. The van der Waals surface area contributed by atoms with Gasteiger partial charge in [0.25, 0.3) is 0 Å². The molecule has 1 N–H and O–H groups in total. The number of ether oxygens (including phenoxy) is 1. The summed E-state index contributed by atoms with van der Waals surface area (Å²) in [7, 11) is 1.61. The summed E-state index contributed by atoms with van der Waals surface area (Å²) in [6.45, 7) is 0. The highest BCUT2D eigenvalue weighted by Crippen LogP contribution is 2.43. The van der Waals surface area contributed by atoms with E-state index in [-0.39, 0.29) is 0 Å². The van der Waals surface area contributed by atoms with Gasteiger partial charge in [0.15, 0.2) is 0 Å². The summed E-state index contributed by atoms with van der Waals surface area (Å²) in [5.41, 5.74) is 3.47. The van der Waals surface area contributed by atoms with E-state index in [0.717, 1.165) is 27.6 Å². The van der Waals surface area contributed by atoms with Crippen LogP contribution in [0.1, 0.15) is 5.56 Å². The fourth-order valence-corrected chi connectivity index (χ4v) is 3.03. The quantitative estimate of drug-likeness (QED) is 0.715. The van der Waals surface area contributed by atoms with Crippen LogP contribution in [0.3, 0.4) is 0 Å².